The van der Waals surface area contributed by atoms with E-state index >= 15 is 0 Å². The second kappa shape index (κ2) is 7.05. The molecule has 3 aromatic rings. The van der Waals surface area contributed by atoms with Crippen molar-refractivity contribution in [2.75, 3.05) is 25.0 Å². The van der Waals surface area contributed by atoms with Crippen molar-refractivity contribution in [3.05, 3.63) is 63.9 Å². The average molecular weight is 370 g/mol. The van der Waals surface area contributed by atoms with Crippen molar-refractivity contribution in [1.82, 2.24) is 19.9 Å². The fraction of sp³-hybridized carbons (Fsp3) is 0.316. The van der Waals surface area contributed by atoms with Crippen molar-refractivity contribution in [2.45, 2.75) is 19.0 Å². The van der Waals surface area contributed by atoms with Gasteiger partial charge in [0.25, 0.3) is 5.56 Å². The van der Waals surface area contributed by atoms with E-state index in [9.17, 15) is 4.79 Å². The summed E-state index contributed by atoms with van der Waals surface area (Å²) in [6.45, 7) is 2.57. The smallest absolute Gasteiger partial charge is 0.258 e. The molecule has 3 heterocycles. The molecule has 26 heavy (non-hydrogen) atoms. The van der Waals surface area contributed by atoms with Crippen LogP contribution in [0.3, 0.4) is 0 Å². The lowest BCUT2D eigenvalue weighted by Gasteiger charge is -2.25. The van der Waals surface area contributed by atoms with Gasteiger partial charge in [-0.05, 0) is 43.8 Å². The second-order valence-corrected chi connectivity index (χ2v) is 7.12. The molecule has 1 N–H and O–H groups in total. The molecule has 1 aliphatic heterocycles. The zero-order chi connectivity index (χ0) is 18.1. The highest BCUT2D eigenvalue weighted by molar-refractivity contribution is 6.31. The van der Waals surface area contributed by atoms with Gasteiger partial charge in [-0.25, -0.2) is 4.98 Å². The first-order valence-corrected chi connectivity index (χ1v) is 9.01. The van der Waals surface area contributed by atoms with E-state index in [1.165, 1.54) is 5.69 Å². The van der Waals surface area contributed by atoms with E-state index < -0.39 is 0 Å². The van der Waals surface area contributed by atoms with Gasteiger partial charge >= 0.3 is 0 Å². The van der Waals surface area contributed by atoms with Crippen LogP contribution < -0.4 is 10.5 Å². The van der Waals surface area contributed by atoms with Crippen molar-refractivity contribution in [3.8, 4) is 0 Å². The first-order valence-electron chi connectivity index (χ1n) is 8.64. The number of hydrogen-bond donors (Lipinski definition) is 1. The predicted octanol–water partition coefficient (Wildman–Crippen LogP) is 2.68. The van der Waals surface area contributed by atoms with Gasteiger partial charge in [0.05, 0.1) is 17.4 Å². The number of nitrogens with one attached hydrogen (secondary N) is 1. The summed E-state index contributed by atoms with van der Waals surface area (Å²) >= 11 is 5.97. The Morgan fingerprint density at radius 3 is 2.92 bits per heavy atom. The molecule has 0 saturated carbocycles. The van der Waals surface area contributed by atoms with E-state index in [1.807, 2.05) is 24.5 Å². The van der Waals surface area contributed by atoms with Crippen molar-refractivity contribution >= 4 is 28.2 Å². The van der Waals surface area contributed by atoms with Crippen LogP contribution in [0.25, 0.3) is 10.9 Å². The molecule has 1 unspecified atom stereocenters. The van der Waals surface area contributed by atoms with Gasteiger partial charge in [-0.2, -0.15) is 0 Å². The number of nitrogens with zero attached hydrogens (tertiary/aromatic N) is 4. The largest absolute Gasteiger partial charge is 0.370 e. The zero-order valence-electron chi connectivity index (χ0n) is 14.5. The summed E-state index contributed by atoms with van der Waals surface area (Å²) in [6, 6.07) is 9.69. The number of benzene rings is 1. The first-order chi connectivity index (χ1) is 12.6. The standard InChI is InChI=1S/C19H20ClN5O/c1-24(15-6-9-25(11-15)14-4-7-21-8-5-14)12-18-22-17-3-2-13(20)10-16(17)19(26)23-18/h2-5,7-8,10,15H,6,9,11-12H2,1H3,(H,22,23,26). The minimum absolute atomic E-state index is 0.147. The maximum atomic E-state index is 12.3. The third-order valence-electron chi connectivity index (χ3n) is 4.93. The Kier molecular flexibility index (Phi) is 4.61. The molecule has 1 aliphatic rings. The van der Waals surface area contributed by atoms with E-state index in [4.69, 9.17) is 11.6 Å². The lowest BCUT2D eigenvalue weighted by atomic mass is 10.2. The molecule has 0 bridgehead atoms. The van der Waals surface area contributed by atoms with Crippen molar-refractivity contribution in [1.29, 1.82) is 0 Å². The SMILES string of the molecule is CN(Cc1nc2ccc(Cl)cc2c(=O)[nH]1)C1CCN(c2ccncc2)C1. The van der Waals surface area contributed by atoms with Gasteiger partial charge in [-0.3, -0.25) is 14.7 Å². The van der Waals surface area contributed by atoms with Gasteiger partial charge in [-0.15, -0.1) is 0 Å². The minimum atomic E-state index is -0.147. The van der Waals surface area contributed by atoms with Crippen LogP contribution in [0.4, 0.5) is 5.69 Å². The van der Waals surface area contributed by atoms with E-state index in [0.29, 0.717) is 34.3 Å². The van der Waals surface area contributed by atoms with E-state index in [1.54, 1.807) is 18.2 Å². The normalized spacial score (nSPS) is 17.3. The number of H-pyrrole nitrogens is 1. The molecular weight excluding hydrogens is 350 g/mol. The van der Waals surface area contributed by atoms with Crippen LogP contribution in [-0.2, 0) is 6.54 Å². The number of pyridine rings is 1. The summed E-state index contributed by atoms with van der Waals surface area (Å²) in [6.07, 6.45) is 4.72. The van der Waals surface area contributed by atoms with Gasteiger partial charge in [0.2, 0.25) is 0 Å². The van der Waals surface area contributed by atoms with Crippen LogP contribution in [0.5, 0.6) is 0 Å². The lowest BCUT2D eigenvalue weighted by Crippen LogP contribution is -2.35. The summed E-state index contributed by atoms with van der Waals surface area (Å²) in [4.78, 5) is 28.5. The second-order valence-electron chi connectivity index (χ2n) is 6.68. The Labute approximate surface area is 156 Å². The Balaban J connectivity index is 1.48. The molecule has 0 radical (unpaired) electrons. The molecule has 1 saturated heterocycles. The number of anilines is 1. The number of fused-ring (bicyclic) bond motifs is 1. The summed E-state index contributed by atoms with van der Waals surface area (Å²) in [7, 11) is 2.08. The van der Waals surface area contributed by atoms with Gasteiger partial charge in [-0.1, -0.05) is 11.6 Å². The number of aromatic nitrogens is 3. The van der Waals surface area contributed by atoms with Crippen LogP contribution in [0.1, 0.15) is 12.2 Å². The Hall–Kier alpha value is -2.44. The molecule has 1 atom stereocenters. The summed E-state index contributed by atoms with van der Waals surface area (Å²) in [5.74, 6) is 0.676. The highest BCUT2D eigenvalue weighted by Crippen LogP contribution is 2.22. The molecule has 6 nitrogen and oxygen atoms in total. The van der Waals surface area contributed by atoms with Crippen LogP contribution in [0.15, 0.2) is 47.5 Å². The van der Waals surface area contributed by atoms with Gasteiger partial charge in [0, 0.05) is 42.2 Å². The minimum Gasteiger partial charge on any atom is -0.370 e. The third-order valence-corrected chi connectivity index (χ3v) is 5.17. The third kappa shape index (κ3) is 3.43. The molecule has 0 aliphatic carbocycles. The Morgan fingerprint density at radius 2 is 2.12 bits per heavy atom. The molecular formula is C19H20ClN5O. The van der Waals surface area contributed by atoms with Gasteiger partial charge in [0.1, 0.15) is 5.82 Å². The molecule has 2 aromatic heterocycles. The number of likely N-dealkylation sites (N-methyl/N-ethyl adjacent to an activating group) is 1. The molecule has 0 spiro atoms. The van der Waals surface area contributed by atoms with Crippen LogP contribution in [-0.4, -0.2) is 46.0 Å². The first kappa shape index (κ1) is 17.0. The van der Waals surface area contributed by atoms with Crippen LogP contribution in [0, 0.1) is 0 Å². The Bertz CT molecular complexity index is 975. The highest BCUT2D eigenvalue weighted by Gasteiger charge is 2.26. The Morgan fingerprint density at radius 1 is 1.31 bits per heavy atom. The van der Waals surface area contributed by atoms with Crippen LogP contribution in [0.2, 0.25) is 5.02 Å². The average Bonchev–Trinajstić information content (AvgIpc) is 3.13. The molecule has 0 amide bonds. The number of aromatic amines is 1. The van der Waals surface area contributed by atoms with E-state index in [-0.39, 0.29) is 5.56 Å². The quantitative estimate of drug-likeness (QED) is 0.766. The lowest BCUT2D eigenvalue weighted by molar-refractivity contribution is 0.244. The van der Waals surface area contributed by atoms with Crippen molar-refractivity contribution < 1.29 is 0 Å². The fourth-order valence-electron chi connectivity index (χ4n) is 3.49. The topological polar surface area (TPSA) is 65.1 Å². The molecule has 7 heteroatoms. The highest BCUT2D eigenvalue weighted by atomic mass is 35.5. The predicted molar refractivity (Wildman–Crippen MR) is 104 cm³/mol. The maximum absolute atomic E-state index is 12.3. The molecule has 134 valence electrons. The number of halogens is 1. The molecule has 1 fully saturated rings. The summed E-state index contributed by atoms with van der Waals surface area (Å²) in [5, 5.41) is 1.06. The van der Waals surface area contributed by atoms with Gasteiger partial charge < -0.3 is 9.88 Å². The van der Waals surface area contributed by atoms with Gasteiger partial charge in [0.15, 0.2) is 0 Å². The zero-order valence-corrected chi connectivity index (χ0v) is 15.3. The van der Waals surface area contributed by atoms with E-state index in [0.717, 1.165) is 19.5 Å². The fourth-order valence-corrected chi connectivity index (χ4v) is 3.66. The summed E-state index contributed by atoms with van der Waals surface area (Å²) < 4.78 is 0. The van der Waals surface area contributed by atoms with Crippen LogP contribution >= 0.6 is 11.6 Å². The summed E-state index contributed by atoms with van der Waals surface area (Å²) in [5.41, 5.74) is 1.72. The number of hydrogen-bond acceptors (Lipinski definition) is 5. The monoisotopic (exact) mass is 369 g/mol. The number of rotatable bonds is 4. The maximum Gasteiger partial charge on any atom is 0.258 e. The van der Waals surface area contributed by atoms with Crippen molar-refractivity contribution in [2.24, 2.45) is 0 Å². The molecule has 1 aromatic carbocycles. The van der Waals surface area contributed by atoms with E-state index in [2.05, 4.69) is 31.8 Å². The molecule has 4 rings (SSSR count). The van der Waals surface area contributed by atoms with Crippen molar-refractivity contribution in [3.63, 3.8) is 0 Å².